The molecule has 0 aliphatic carbocycles. The van der Waals surface area contributed by atoms with Gasteiger partial charge >= 0.3 is 0 Å². The largest absolute Gasteiger partial charge is 0.493 e. The van der Waals surface area contributed by atoms with Gasteiger partial charge in [0.1, 0.15) is 5.75 Å². The Labute approximate surface area is 181 Å². The number of aromatic nitrogens is 1. The van der Waals surface area contributed by atoms with E-state index in [1.165, 1.54) is 41.8 Å². The first-order valence-corrected chi connectivity index (χ1v) is 11.8. The molecule has 1 aromatic heterocycles. The van der Waals surface area contributed by atoms with Crippen molar-refractivity contribution in [1.29, 1.82) is 0 Å². The number of rotatable bonds is 8. The Bertz CT molecular complexity index is 1090. The summed E-state index contributed by atoms with van der Waals surface area (Å²) >= 11 is 4.55. The number of nitrogens with zero attached hydrogens (tertiary/aromatic N) is 1. The molecule has 0 radical (unpaired) electrons. The number of nitrogens with one attached hydrogen (secondary N) is 2. The molecule has 1 heterocycles. The fraction of sp³-hybridized carbons (Fsp3) is 0.158. The van der Waals surface area contributed by atoms with Crippen LogP contribution in [0.4, 0.5) is 10.8 Å². The number of carbonyl (C=O) groups excluding carboxylic acids is 1. The zero-order chi connectivity index (χ0) is 20.9. The van der Waals surface area contributed by atoms with Gasteiger partial charge in [-0.15, -0.1) is 11.3 Å². The summed E-state index contributed by atoms with van der Waals surface area (Å²) in [5, 5.41) is 4.73. The van der Waals surface area contributed by atoms with Gasteiger partial charge in [0.25, 0.3) is 15.9 Å². The van der Waals surface area contributed by atoms with E-state index in [4.69, 9.17) is 4.74 Å². The predicted octanol–water partition coefficient (Wildman–Crippen LogP) is 4.75. The van der Waals surface area contributed by atoms with Crippen LogP contribution in [-0.2, 0) is 10.0 Å². The van der Waals surface area contributed by atoms with Gasteiger partial charge in [0.15, 0.2) is 5.13 Å². The lowest BCUT2D eigenvalue weighted by molar-refractivity contribution is 0.102. The van der Waals surface area contributed by atoms with E-state index in [1.54, 1.807) is 23.6 Å². The molecule has 0 unspecified atom stereocenters. The number of sulfonamides is 1. The molecule has 2 aromatic carbocycles. The van der Waals surface area contributed by atoms with E-state index in [0.29, 0.717) is 23.6 Å². The summed E-state index contributed by atoms with van der Waals surface area (Å²) in [6.45, 7) is 2.48. The minimum atomic E-state index is -3.74. The second-order valence-corrected chi connectivity index (χ2v) is 9.40. The minimum absolute atomic E-state index is 0.0696. The van der Waals surface area contributed by atoms with Gasteiger partial charge < -0.3 is 10.1 Å². The summed E-state index contributed by atoms with van der Waals surface area (Å²) in [5.74, 6) is 0.133. The maximum Gasteiger partial charge on any atom is 0.263 e. The number of ether oxygens (including phenoxy) is 1. The lowest BCUT2D eigenvalue weighted by atomic mass is 10.2. The van der Waals surface area contributed by atoms with E-state index in [0.717, 1.165) is 10.9 Å². The maximum absolute atomic E-state index is 12.7. The summed E-state index contributed by atoms with van der Waals surface area (Å²) in [5.41, 5.74) is 0.847. The third kappa shape index (κ3) is 5.55. The quantitative estimate of drug-likeness (QED) is 0.469. The highest BCUT2D eigenvalue weighted by Gasteiger charge is 2.17. The molecule has 0 atom stereocenters. The molecular formula is C19H18BrN3O4S2. The van der Waals surface area contributed by atoms with Gasteiger partial charge in [0, 0.05) is 21.7 Å². The van der Waals surface area contributed by atoms with Crippen LogP contribution in [0.25, 0.3) is 0 Å². The molecule has 10 heteroatoms. The standard InChI is InChI=1S/C19H18BrN3O4S2/c1-2-10-27-17-8-3-13(20)12-16(17)18(24)22-14-4-6-15(7-5-14)29(25,26)23-19-21-9-11-28-19/h3-9,11-12H,2,10H2,1H3,(H,21,23)(H,22,24). The van der Waals surface area contributed by atoms with Crippen molar-refractivity contribution in [2.75, 3.05) is 16.6 Å². The van der Waals surface area contributed by atoms with Crippen LogP contribution in [0.15, 0.2) is 63.4 Å². The molecule has 0 saturated heterocycles. The van der Waals surface area contributed by atoms with E-state index in [2.05, 4.69) is 31.0 Å². The van der Waals surface area contributed by atoms with Crippen molar-refractivity contribution in [2.45, 2.75) is 18.2 Å². The molecule has 29 heavy (non-hydrogen) atoms. The SMILES string of the molecule is CCCOc1ccc(Br)cc1C(=O)Nc1ccc(S(=O)(=O)Nc2nccs2)cc1. The van der Waals surface area contributed by atoms with Gasteiger partial charge in [-0.25, -0.2) is 13.4 Å². The van der Waals surface area contributed by atoms with Gasteiger partial charge in [0.2, 0.25) is 0 Å². The van der Waals surface area contributed by atoms with Crippen LogP contribution < -0.4 is 14.8 Å². The Morgan fingerprint density at radius 3 is 2.62 bits per heavy atom. The number of hydrogen-bond acceptors (Lipinski definition) is 6. The van der Waals surface area contributed by atoms with Crippen molar-refractivity contribution in [1.82, 2.24) is 4.98 Å². The zero-order valence-electron chi connectivity index (χ0n) is 15.4. The highest BCUT2D eigenvalue weighted by atomic mass is 79.9. The monoisotopic (exact) mass is 495 g/mol. The average molecular weight is 496 g/mol. The Balaban J connectivity index is 1.74. The normalized spacial score (nSPS) is 11.1. The van der Waals surface area contributed by atoms with Crippen LogP contribution in [-0.4, -0.2) is 25.9 Å². The number of hydrogen-bond donors (Lipinski definition) is 2. The van der Waals surface area contributed by atoms with Crippen molar-refractivity contribution in [3.63, 3.8) is 0 Å². The van der Waals surface area contributed by atoms with Gasteiger partial charge in [-0.3, -0.25) is 9.52 Å². The van der Waals surface area contributed by atoms with Crippen LogP contribution in [0.3, 0.4) is 0 Å². The minimum Gasteiger partial charge on any atom is -0.493 e. The highest BCUT2D eigenvalue weighted by molar-refractivity contribution is 9.10. The number of benzene rings is 2. The number of halogens is 1. The molecule has 0 aliphatic heterocycles. The Hall–Kier alpha value is -2.43. The first-order valence-electron chi connectivity index (χ1n) is 8.65. The number of carbonyl (C=O) groups is 1. The van der Waals surface area contributed by atoms with E-state index < -0.39 is 10.0 Å². The molecule has 0 spiro atoms. The third-order valence-corrected chi connectivity index (χ3v) is 6.39. The van der Waals surface area contributed by atoms with Gasteiger partial charge in [-0.1, -0.05) is 22.9 Å². The van der Waals surface area contributed by atoms with E-state index >= 15 is 0 Å². The fourth-order valence-electron chi connectivity index (χ4n) is 2.38. The fourth-order valence-corrected chi connectivity index (χ4v) is 4.53. The van der Waals surface area contributed by atoms with Crippen LogP contribution >= 0.6 is 27.3 Å². The van der Waals surface area contributed by atoms with Crippen molar-refractivity contribution in [2.24, 2.45) is 0 Å². The molecule has 0 fully saturated rings. The Morgan fingerprint density at radius 1 is 1.21 bits per heavy atom. The van der Waals surface area contributed by atoms with E-state index in [1.807, 2.05) is 6.92 Å². The molecule has 3 rings (SSSR count). The van der Waals surface area contributed by atoms with Crippen LogP contribution in [0.2, 0.25) is 0 Å². The summed E-state index contributed by atoms with van der Waals surface area (Å²) in [6, 6.07) is 11.1. The molecule has 0 bridgehead atoms. The van der Waals surface area contributed by atoms with Gasteiger partial charge in [-0.2, -0.15) is 0 Å². The van der Waals surface area contributed by atoms with Crippen LogP contribution in [0.5, 0.6) is 5.75 Å². The second-order valence-electron chi connectivity index (χ2n) is 5.91. The number of amides is 1. The van der Waals surface area contributed by atoms with Crippen molar-refractivity contribution >= 4 is 54.0 Å². The van der Waals surface area contributed by atoms with Crippen molar-refractivity contribution in [3.8, 4) is 5.75 Å². The van der Waals surface area contributed by atoms with Crippen LogP contribution in [0, 0.1) is 0 Å². The highest BCUT2D eigenvalue weighted by Crippen LogP contribution is 2.25. The maximum atomic E-state index is 12.7. The molecule has 0 saturated carbocycles. The summed E-state index contributed by atoms with van der Waals surface area (Å²) in [7, 11) is -3.74. The zero-order valence-corrected chi connectivity index (χ0v) is 18.6. The Kier molecular flexibility index (Phi) is 6.88. The summed E-state index contributed by atoms with van der Waals surface area (Å²) in [6.07, 6.45) is 2.34. The number of thiazole rings is 1. The smallest absolute Gasteiger partial charge is 0.263 e. The van der Waals surface area contributed by atoms with Gasteiger partial charge in [0.05, 0.1) is 17.1 Å². The van der Waals surface area contributed by atoms with Gasteiger partial charge in [-0.05, 0) is 48.9 Å². The summed E-state index contributed by atoms with van der Waals surface area (Å²) in [4.78, 5) is 16.7. The van der Waals surface area contributed by atoms with Crippen LogP contribution in [0.1, 0.15) is 23.7 Å². The first kappa shape index (κ1) is 21.3. The first-order chi connectivity index (χ1) is 13.9. The number of anilines is 2. The van der Waals surface area contributed by atoms with E-state index in [9.17, 15) is 13.2 Å². The molecule has 1 amide bonds. The second kappa shape index (κ2) is 9.38. The van der Waals surface area contributed by atoms with Crippen molar-refractivity contribution in [3.05, 3.63) is 64.1 Å². The molecule has 7 nitrogen and oxygen atoms in total. The lowest BCUT2D eigenvalue weighted by Crippen LogP contribution is -2.15. The molecular weight excluding hydrogens is 478 g/mol. The molecule has 152 valence electrons. The third-order valence-electron chi connectivity index (χ3n) is 3.72. The molecule has 2 N–H and O–H groups in total. The van der Waals surface area contributed by atoms with E-state index in [-0.39, 0.29) is 15.9 Å². The lowest BCUT2D eigenvalue weighted by Gasteiger charge is -2.12. The summed E-state index contributed by atoms with van der Waals surface area (Å²) < 4.78 is 33.6. The Morgan fingerprint density at radius 2 is 1.97 bits per heavy atom. The average Bonchev–Trinajstić information content (AvgIpc) is 3.19. The predicted molar refractivity (Wildman–Crippen MR) is 117 cm³/mol. The molecule has 3 aromatic rings. The topological polar surface area (TPSA) is 97.4 Å². The molecule has 0 aliphatic rings. The van der Waals surface area contributed by atoms with Crippen molar-refractivity contribution < 1.29 is 17.9 Å².